The van der Waals surface area contributed by atoms with Crippen molar-refractivity contribution in [3.63, 3.8) is 0 Å². The van der Waals surface area contributed by atoms with E-state index in [4.69, 9.17) is 0 Å². The van der Waals surface area contributed by atoms with E-state index in [1.54, 1.807) is 17.7 Å². The lowest BCUT2D eigenvalue weighted by molar-refractivity contribution is -0.0718. The maximum absolute atomic E-state index is 13.2. The number of fused-ring (bicyclic) bond motifs is 5. The molecule has 0 bridgehead atoms. The molecule has 1 aromatic carbocycles. The van der Waals surface area contributed by atoms with Crippen molar-refractivity contribution >= 4 is 0 Å². The van der Waals surface area contributed by atoms with Crippen LogP contribution in [0.25, 0.3) is 0 Å². The molecule has 34 heavy (non-hydrogen) atoms. The summed E-state index contributed by atoms with van der Waals surface area (Å²) in [6.45, 7) is 7.25. The molecule has 3 fully saturated rings. The van der Waals surface area contributed by atoms with Crippen LogP contribution in [0, 0.1) is 40.3 Å². The fraction of sp³-hybridized carbons (Fsp3) is 0.742. The van der Waals surface area contributed by atoms with Crippen molar-refractivity contribution < 1.29 is 14.6 Å². The molecule has 2 N–H and O–H groups in total. The second-order valence-corrected chi connectivity index (χ2v) is 12.8. The Hall–Kier alpha value is -1.19. The molecule has 4 aliphatic carbocycles. The highest BCUT2D eigenvalue weighted by molar-refractivity contribution is 5.27. The first-order chi connectivity index (χ1) is 16.2. The summed E-state index contributed by atoms with van der Waals surface area (Å²) in [5.74, 6) is 2.92. The van der Waals surface area contributed by atoms with Crippen LogP contribution in [0.4, 0.5) is 4.39 Å². The third kappa shape index (κ3) is 4.09. The number of hydrogen-bond acceptors (Lipinski definition) is 2. The van der Waals surface area contributed by atoms with Crippen LogP contribution < -0.4 is 0 Å². The molecule has 0 unspecified atom stereocenters. The van der Waals surface area contributed by atoms with Crippen LogP contribution in [0.5, 0.6) is 0 Å². The molecule has 4 aliphatic rings. The van der Waals surface area contributed by atoms with E-state index in [0.717, 1.165) is 67.8 Å². The molecule has 8 atom stereocenters. The molecule has 0 saturated heterocycles. The Balaban J connectivity index is 1.23. The summed E-state index contributed by atoms with van der Waals surface area (Å²) in [4.78, 5) is 0. The van der Waals surface area contributed by atoms with E-state index in [2.05, 4.69) is 26.8 Å². The van der Waals surface area contributed by atoms with E-state index in [1.165, 1.54) is 50.7 Å². The number of aliphatic hydroxyl groups is 2. The lowest BCUT2D eigenvalue weighted by Crippen LogP contribution is -2.52. The molecule has 1 aromatic rings. The third-order valence-electron chi connectivity index (χ3n) is 11.4. The predicted octanol–water partition coefficient (Wildman–Crippen LogP) is 7.75. The first-order valence-electron chi connectivity index (χ1n) is 14.0. The number of hydrogen-bond donors (Lipinski definition) is 2. The summed E-state index contributed by atoms with van der Waals surface area (Å²) >= 11 is 0. The van der Waals surface area contributed by atoms with Crippen LogP contribution in [0.3, 0.4) is 0 Å². The van der Waals surface area contributed by atoms with Gasteiger partial charge in [-0.1, -0.05) is 51.0 Å². The van der Waals surface area contributed by atoms with Gasteiger partial charge < -0.3 is 10.2 Å². The third-order valence-corrected chi connectivity index (χ3v) is 11.4. The Morgan fingerprint density at radius 2 is 1.79 bits per heavy atom. The zero-order chi connectivity index (χ0) is 24.1. The minimum Gasteiger partial charge on any atom is -0.390 e. The van der Waals surface area contributed by atoms with Crippen molar-refractivity contribution in [3.05, 3.63) is 47.3 Å². The van der Waals surface area contributed by atoms with Crippen molar-refractivity contribution in [1.82, 2.24) is 0 Å². The lowest BCUT2D eigenvalue weighted by atomic mass is 9.46. The van der Waals surface area contributed by atoms with Gasteiger partial charge >= 0.3 is 0 Å². The van der Waals surface area contributed by atoms with Gasteiger partial charge in [0.2, 0.25) is 0 Å². The molecule has 0 aromatic heterocycles. The van der Waals surface area contributed by atoms with Crippen LogP contribution in [0.2, 0.25) is 0 Å². The largest absolute Gasteiger partial charge is 0.390 e. The smallest absolute Gasteiger partial charge is 0.123 e. The van der Waals surface area contributed by atoms with Gasteiger partial charge in [-0.05, 0) is 123 Å². The lowest BCUT2D eigenvalue weighted by Gasteiger charge is -2.59. The molecular weight excluding hydrogens is 423 g/mol. The van der Waals surface area contributed by atoms with E-state index < -0.39 is 11.7 Å². The van der Waals surface area contributed by atoms with E-state index in [0.29, 0.717) is 10.8 Å². The first-order valence-corrected chi connectivity index (χ1v) is 14.0. The summed E-state index contributed by atoms with van der Waals surface area (Å²) in [5.41, 5.74) is 2.65. The zero-order valence-electron chi connectivity index (χ0n) is 21.5. The topological polar surface area (TPSA) is 40.5 Å². The van der Waals surface area contributed by atoms with Crippen LogP contribution in [0.1, 0.15) is 109 Å². The highest BCUT2D eigenvalue weighted by Gasteiger charge is 2.59. The van der Waals surface area contributed by atoms with E-state index in [9.17, 15) is 14.6 Å². The van der Waals surface area contributed by atoms with Gasteiger partial charge in [0.1, 0.15) is 5.82 Å². The molecule has 188 valence electrons. The highest BCUT2D eigenvalue weighted by Crippen LogP contribution is 2.67. The maximum Gasteiger partial charge on any atom is 0.123 e. The molecule has 0 spiro atoms. The second-order valence-electron chi connectivity index (χ2n) is 12.8. The molecule has 0 amide bonds. The first kappa shape index (κ1) is 24.5. The van der Waals surface area contributed by atoms with Crippen molar-refractivity contribution in [3.8, 4) is 0 Å². The van der Waals surface area contributed by atoms with Crippen molar-refractivity contribution in [2.45, 2.75) is 110 Å². The van der Waals surface area contributed by atoms with E-state index >= 15 is 0 Å². The SMILES string of the molecule is CC[C@]1(O)CC[C@@]2(C)C(=CC[C@H]3[C@@H]4CC[C@H](CCC[C@H](O)c5ccc(F)cc5)[C@@]4(C)CC[C@@H]32)C1. The van der Waals surface area contributed by atoms with Gasteiger partial charge in [0.15, 0.2) is 0 Å². The van der Waals surface area contributed by atoms with Crippen LogP contribution in [-0.4, -0.2) is 15.8 Å². The molecule has 5 rings (SSSR count). The average Bonchev–Trinajstić information content (AvgIpc) is 3.16. The fourth-order valence-corrected chi connectivity index (χ4v) is 9.01. The predicted molar refractivity (Wildman–Crippen MR) is 136 cm³/mol. The molecular formula is C31H45FO2. The van der Waals surface area contributed by atoms with Gasteiger partial charge in [0.25, 0.3) is 0 Å². The Morgan fingerprint density at radius 1 is 1.03 bits per heavy atom. The van der Waals surface area contributed by atoms with Crippen molar-refractivity contribution in [2.75, 3.05) is 0 Å². The minimum atomic E-state index is -0.490. The molecule has 0 aliphatic heterocycles. The van der Waals surface area contributed by atoms with Crippen LogP contribution >= 0.6 is 0 Å². The van der Waals surface area contributed by atoms with Gasteiger partial charge in [0.05, 0.1) is 11.7 Å². The van der Waals surface area contributed by atoms with Gasteiger partial charge in [-0.2, -0.15) is 0 Å². The Morgan fingerprint density at radius 3 is 2.53 bits per heavy atom. The monoisotopic (exact) mass is 468 g/mol. The van der Waals surface area contributed by atoms with Crippen LogP contribution in [0.15, 0.2) is 35.9 Å². The van der Waals surface area contributed by atoms with Crippen molar-refractivity contribution in [2.24, 2.45) is 34.5 Å². The minimum absolute atomic E-state index is 0.246. The van der Waals surface area contributed by atoms with Crippen LogP contribution in [-0.2, 0) is 0 Å². The summed E-state index contributed by atoms with van der Waals surface area (Å²) in [7, 11) is 0. The van der Waals surface area contributed by atoms with Crippen molar-refractivity contribution in [1.29, 1.82) is 0 Å². The quantitative estimate of drug-likeness (QED) is 0.419. The van der Waals surface area contributed by atoms with Gasteiger partial charge in [-0.25, -0.2) is 4.39 Å². The number of halogens is 1. The van der Waals surface area contributed by atoms with E-state index in [-0.39, 0.29) is 5.82 Å². The zero-order valence-corrected chi connectivity index (χ0v) is 21.5. The fourth-order valence-electron chi connectivity index (χ4n) is 9.01. The number of benzene rings is 1. The number of allylic oxidation sites excluding steroid dienone is 1. The van der Waals surface area contributed by atoms with Gasteiger partial charge in [0, 0.05) is 0 Å². The number of rotatable bonds is 6. The maximum atomic E-state index is 13.2. The molecule has 3 saturated carbocycles. The molecule has 0 radical (unpaired) electrons. The van der Waals surface area contributed by atoms with Gasteiger partial charge in [-0.3, -0.25) is 0 Å². The standard InChI is InChI=1S/C31H45FO2/c1-4-31(34)19-18-30(3)23(20-31)10-14-25-26-15-11-22(29(26,2)17-16-27(25)30)6-5-7-28(33)21-8-12-24(32)13-9-21/h8-10,12-13,22,25-28,33-34H,4-7,11,14-20H2,1-3H3/t22-,25-,26-,27-,28-,29+,30-,31-/m0/s1. The summed E-state index contributed by atoms with van der Waals surface area (Å²) < 4.78 is 13.2. The molecule has 0 heterocycles. The normalized spacial score (nSPS) is 42.4. The Bertz CT molecular complexity index is 909. The highest BCUT2D eigenvalue weighted by atomic mass is 19.1. The molecule has 2 nitrogen and oxygen atoms in total. The Kier molecular flexibility index (Phi) is 6.51. The van der Waals surface area contributed by atoms with E-state index in [1.807, 2.05) is 0 Å². The van der Waals surface area contributed by atoms with Gasteiger partial charge in [-0.15, -0.1) is 0 Å². The summed E-state index contributed by atoms with van der Waals surface area (Å²) in [6.07, 6.45) is 15.5. The number of aliphatic hydroxyl groups excluding tert-OH is 1. The average molecular weight is 469 g/mol. The second kappa shape index (κ2) is 9.04. The summed E-state index contributed by atoms with van der Waals surface area (Å²) in [6, 6.07) is 6.32. The summed E-state index contributed by atoms with van der Waals surface area (Å²) in [5, 5.41) is 21.6. The molecule has 3 heteroatoms. The Labute approximate surface area is 206 Å².